The molecule has 0 fully saturated rings. The van der Waals surface area contributed by atoms with Crippen LogP contribution in [0.15, 0.2) is 0 Å². The van der Waals surface area contributed by atoms with Crippen LogP contribution in [0.4, 0.5) is 0 Å². The quantitative estimate of drug-likeness (QED) is 0.292. The van der Waals surface area contributed by atoms with Crippen LogP contribution < -0.4 is 17.2 Å². The molecular formula is CH6N3-. The molecular weight excluding hydrogens is 54.0 g/mol. The number of rotatable bonds is 0. The first-order valence-corrected chi connectivity index (χ1v) is 0.866. The van der Waals surface area contributed by atoms with Gasteiger partial charge in [0, 0.05) is 0 Å². The Balaban J connectivity index is 2.32. The van der Waals surface area contributed by atoms with Crippen LogP contribution in [-0.2, 0) is 0 Å². The monoisotopic (exact) mass is 60.1 g/mol. The smallest absolute Gasteiger partial charge is 0.146 e. The van der Waals surface area contributed by atoms with Crippen LogP contribution in [-0.4, -0.2) is 0 Å². The molecule has 0 bridgehead atoms. The zero-order chi connectivity index (χ0) is 3.58. The van der Waals surface area contributed by atoms with Gasteiger partial charge in [-0.05, 0) is 0 Å². The third kappa shape index (κ3) is 101. The van der Waals surface area contributed by atoms with E-state index in [4.69, 9.17) is 0 Å². The van der Waals surface area contributed by atoms with Crippen LogP contribution in [0.25, 0.3) is 0 Å². The van der Waals surface area contributed by atoms with Gasteiger partial charge in [0.2, 0.25) is 0 Å². The SMILES string of the molecule is N[C-](N)N. The molecule has 3 nitrogen and oxygen atoms in total. The molecule has 0 aliphatic heterocycles. The molecule has 0 aliphatic carbocycles. The van der Waals surface area contributed by atoms with E-state index in [1.807, 2.05) is 0 Å². The van der Waals surface area contributed by atoms with Gasteiger partial charge < -0.3 is 17.2 Å². The summed E-state index contributed by atoms with van der Waals surface area (Å²) >= 11 is 0. The van der Waals surface area contributed by atoms with Gasteiger partial charge in [0.25, 0.3) is 0 Å². The predicted octanol–water partition coefficient (Wildman–Crippen LogP) is -1.69. The molecule has 0 atom stereocenters. The second-order valence-corrected chi connectivity index (χ2v) is 0.500. The second kappa shape index (κ2) is 1.23. The van der Waals surface area contributed by atoms with Gasteiger partial charge in [-0.1, -0.05) is 0 Å². The Morgan fingerprint density at radius 3 is 1.00 bits per heavy atom. The van der Waals surface area contributed by atoms with Crippen LogP contribution in [0.5, 0.6) is 0 Å². The lowest BCUT2D eigenvalue weighted by Crippen LogP contribution is -2.28. The lowest BCUT2D eigenvalue weighted by atomic mass is 11.0. The molecule has 0 aromatic rings. The van der Waals surface area contributed by atoms with E-state index >= 15 is 0 Å². The Kier molecular flexibility index (Phi) is 1.19. The minimum atomic E-state index is -0.0833. The Morgan fingerprint density at radius 1 is 1.00 bits per heavy atom. The molecule has 0 radical (unpaired) electrons. The summed E-state index contributed by atoms with van der Waals surface area (Å²) in [5.74, 6) is 0. The zero-order valence-electron chi connectivity index (χ0n) is 2.23. The van der Waals surface area contributed by atoms with Gasteiger partial charge in [0.15, 0.2) is 0 Å². The van der Waals surface area contributed by atoms with E-state index in [1.165, 1.54) is 0 Å². The second-order valence-electron chi connectivity index (χ2n) is 0.500. The summed E-state index contributed by atoms with van der Waals surface area (Å²) < 4.78 is 0. The van der Waals surface area contributed by atoms with Crippen molar-refractivity contribution >= 4 is 0 Å². The van der Waals surface area contributed by atoms with E-state index < -0.39 is 0 Å². The molecule has 0 aliphatic rings. The molecule has 0 aromatic carbocycles. The largest absolute Gasteiger partial charge is 0.454 e. The number of nitrogens with two attached hydrogens (primary N) is 3. The molecule has 3 heteroatoms. The van der Waals surface area contributed by atoms with Crippen LogP contribution in [0.3, 0.4) is 0 Å². The lowest BCUT2D eigenvalue weighted by Gasteiger charge is -2.04. The Bertz CT molecular complexity index is 8.00. The summed E-state index contributed by atoms with van der Waals surface area (Å²) in [5, 5.41) is 0. The standard InChI is InChI=1S/CH6N3/c2-1(3)4/h2-4H2/q-1. The van der Waals surface area contributed by atoms with Gasteiger partial charge in [0.05, 0.1) is 0 Å². The summed E-state index contributed by atoms with van der Waals surface area (Å²) in [4.78, 5) is 0. The van der Waals surface area contributed by atoms with E-state index in [-0.39, 0.29) is 6.29 Å². The van der Waals surface area contributed by atoms with Gasteiger partial charge in [-0.2, -0.15) is 0 Å². The van der Waals surface area contributed by atoms with Gasteiger partial charge in [0.1, 0.15) is 0 Å². The van der Waals surface area contributed by atoms with E-state index in [1.54, 1.807) is 0 Å². The molecule has 26 valence electrons. The molecule has 0 aromatic heterocycles. The van der Waals surface area contributed by atoms with Crippen molar-refractivity contribution in [3.63, 3.8) is 0 Å². The Labute approximate surface area is 24.8 Å². The Morgan fingerprint density at radius 2 is 1.00 bits per heavy atom. The van der Waals surface area contributed by atoms with Gasteiger partial charge >= 0.3 is 0 Å². The van der Waals surface area contributed by atoms with Crippen molar-refractivity contribution in [3.8, 4) is 0 Å². The third-order valence-electron chi connectivity index (χ3n) is 0. The van der Waals surface area contributed by atoms with Crippen molar-refractivity contribution in [2.75, 3.05) is 0 Å². The van der Waals surface area contributed by atoms with E-state index in [0.717, 1.165) is 0 Å². The fraction of sp³-hybridized carbons (Fsp3) is 0. The fourth-order valence-corrected chi connectivity index (χ4v) is 0. The molecule has 4 heavy (non-hydrogen) atoms. The maximum absolute atomic E-state index is 4.58. The van der Waals surface area contributed by atoms with Crippen LogP contribution in [0.2, 0.25) is 0 Å². The van der Waals surface area contributed by atoms with Crippen molar-refractivity contribution in [1.82, 2.24) is 0 Å². The summed E-state index contributed by atoms with van der Waals surface area (Å²) in [5.41, 5.74) is 13.8. The molecule has 0 saturated carbocycles. The first-order valence-electron chi connectivity index (χ1n) is 0.866. The van der Waals surface area contributed by atoms with Crippen molar-refractivity contribution < 1.29 is 0 Å². The first-order chi connectivity index (χ1) is 1.73. The van der Waals surface area contributed by atoms with Crippen LogP contribution >= 0.6 is 0 Å². The third-order valence-corrected chi connectivity index (χ3v) is 0. The molecule has 0 unspecified atom stereocenters. The summed E-state index contributed by atoms with van der Waals surface area (Å²) in [7, 11) is 0. The van der Waals surface area contributed by atoms with Crippen molar-refractivity contribution in [1.29, 1.82) is 0 Å². The Hall–Kier alpha value is -0.120. The molecule has 0 rings (SSSR count). The molecule has 0 heterocycles. The maximum Gasteiger partial charge on any atom is -0.146 e. The molecule has 0 amide bonds. The van der Waals surface area contributed by atoms with E-state index in [0.29, 0.717) is 0 Å². The average Bonchev–Trinajstić information content (AvgIpc) is 0.811. The average molecular weight is 60.1 g/mol. The lowest BCUT2D eigenvalue weighted by molar-refractivity contribution is 0.954. The van der Waals surface area contributed by atoms with Crippen LogP contribution in [0, 0.1) is 6.29 Å². The first kappa shape index (κ1) is 3.88. The normalized spacial score (nSPS) is 9.00. The highest BCUT2D eigenvalue weighted by molar-refractivity contribution is 4.55. The fourth-order valence-electron chi connectivity index (χ4n) is 0. The minimum Gasteiger partial charge on any atom is -0.454 e. The molecule has 6 N–H and O–H groups in total. The zero-order valence-corrected chi connectivity index (χ0v) is 2.23. The maximum atomic E-state index is 4.58. The predicted molar refractivity (Wildman–Crippen MR) is 15.8 cm³/mol. The van der Waals surface area contributed by atoms with E-state index in [9.17, 15) is 0 Å². The topological polar surface area (TPSA) is 78.1 Å². The van der Waals surface area contributed by atoms with Crippen molar-refractivity contribution in [3.05, 3.63) is 6.29 Å². The highest BCUT2D eigenvalue weighted by Gasteiger charge is 1.44. The molecule has 0 spiro atoms. The van der Waals surface area contributed by atoms with E-state index in [2.05, 4.69) is 17.2 Å². The van der Waals surface area contributed by atoms with Gasteiger partial charge in [-0.25, -0.2) is 0 Å². The van der Waals surface area contributed by atoms with Gasteiger partial charge in [-0.15, -0.1) is 6.29 Å². The van der Waals surface area contributed by atoms with Crippen molar-refractivity contribution in [2.24, 2.45) is 17.2 Å². The number of hydrogen-bond donors (Lipinski definition) is 3. The summed E-state index contributed by atoms with van der Waals surface area (Å²) in [6, 6.07) is 0. The van der Waals surface area contributed by atoms with Crippen LogP contribution in [0.1, 0.15) is 0 Å². The summed E-state index contributed by atoms with van der Waals surface area (Å²) in [6.07, 6.45) is -0.0833. The minimum absolute atomic E-state index is 0.0833. The summed E-state index contributed by atoms with van der Waals surface area (Å²) in [6.45, 7) is 0. The van der Waals surface area contributed by atoms with Crippen molar-refractivity contribution in [2.45, 2.75) is 0 Å². The highest BCUT2D eigenvalue weighted by Crippen LogP contribution is 1.35. The highest BCUT2D eigenvalue weighted by atomic mass is 15.0. The van der Waals surface area contributed by atoms with Gasteiger partial charge in [-0.3, -0.25) is 0 Å². The number of hydrogen-bond acceptors (Lipinski definition) is 3. The molecule has 0 saturated heterocycles.